The second-order valence-electron chi connectivity index (χ2n) is 17.4. The fraction of sp³-hybridized carbons (Fsp3) is 0.468. The van der Waals surface area contributed by atoms with Gasteiger partial charge >= 0.3 is 12.1 Å². The van der Waals surface area contributed by atoms with Crippen molar-refractivity contribution >= 4 is 41.2 Å². The third kappa shape index (κ3) is 13.5. The third-order valence-corrected chi connectivity index (χ3v) is 12.3. The van der Waals surface area contributed by atoms with E-state index in [2.05, 4.69) is 31.3 Å². The molecular formula is C47H63N9O7S. The van der Waals surface area contributed by atoms with Crippen molar-refractivity contribution in [1.82, 2.24) is 46.2 Å². The van der Waals surface area contributed by atoms with E-state index >= 15 is 0 Å². The van der Waals surface area contributed by atoms with Crippen LogP contribution in [-0.4, -0.2) is 111 Å². The molecule has 64 heavy (non-hydrogen) atoms. The number of carbonyl (C=O) groups excluding carboxylic acids is 5. The summed E-state index contributed by atoms with van der Waals surface area (Å²) in [5, 5.41) is 25.0. The first-order chi connectivity index (χ1) is 30.5. The maximum atomic E-state index is 14.6. The zero-order valence-electron chi connectivity index (χ0n) is 38.0. The summed E-state index contributed by atoms with van der Waals surface area (Å²) in [5.74, 6) is -1.32. The molecule has 5 N–H and O–H groups in total. The Hall–Kier alpha value is -5.91. The molecule has 6 atom stereocenters. The number of benzene rings is 2. The summed E-state index contributed by atoms with van der Waals surface area (Å²) in [6.07, 6.45) is 0.581. The summed E-state index contributed by atoms with van der Waals surface area (Å²) in [7, 11) is 1.23. The first-order valence-corrected chi connectivity index (χ1v) is 22.5. The molecule has 0 spiro atoms. The number of hydrogen-bond acceptors (Lipinski definition) is 11. The molecule has 0 bridgehead atoms. The van der Waals surface area contributed by atoms with E-state index in [-0.39, 0.29) is 50.0 Å². The fourth-order valence-corrected chi connectivity index (χ4v) is 8.44. The highest BCUT2D eigenvalue weighted by Crippen LogP contribution is 2.26. The van der Waals surface area contributed by atoms with Crippen molar-refractivity contribution < 1.29 is 33.8 Å². The number of aromatic nitrogens is 2. The SMILES string of the molecule is CCC(C)C(C(=O)NC(Cc1ccccc1)C(O)CN(Cc1ccc(-c2ccccn2)cc1)NC(=O)C(NC(=O)OC)C(C)(C)C)N1CCN(Cc2csc(C(C)NC(C)=O)n2)C1=O. The summed E-state index contributed by atoms with van der Waals surface area (Å²) in [6, 6.07) is 19.6. The molecule has 2 aromatic carbocycles. The third-order valence-electron chi connectivity index (χ3n) is 11.3. The van der Waals surface area contributed by atoms with Crippen molar-refractivity contribution in [3.8, 4) is 11.3 Å². The summed E-state index contributed by atoms with van der Waals surface area (Å²) in [6.45, 7) is 13.7. The highest BCUT2D eigenvalue weighted by molar-refractivity contribution is 7.09. The molecule has 3 heterocycles. The summed E-state index contributed by atoms with van der Waals surface area (Å²) in [5.41, 5.74) is 6.31. The molecular weight excluding hydrogens is 835 g/mol. The lowest BCUT2D eigenvalue weighted by Gasteiger charge is -2.36. The van der Waals surface area contributed by atoms with Crippen LogP contribution in [0, 0.1) is 11.3 Å². The lowest BCUT2D eigenvalue weighted by Crippen LogP contribution is -2.60. The molecule has 344 valence electrons. The Bertz CT molecular complexity index is 2170. The molecule has 1 fully saturated rings. The van der Waals surface area contributed by atoms with E-state index in [0.29, 0.717) is 25.2 Å². The normalized spacial score (nSPS) is 15.8. The average Bonchev–Trinajstić information content (AvgIpc) is 3.88. The van der Waals surface area contributed by atoms with Gasteiger partial charge in [0.15, 0.2) is 0 Å². The van der Waals surface area contributed by atoms with Gasteiger partial charge in [-0.05, 0) is 47.9 Å². The van der Waals surface area contributed by atoms with E-state index in [0.717, 1.165) is 27.4 Å². The van der Waals surface area contributed by atoms with Gasteiger partial charge < -0.3 is 35.6 Å². The Labute approximate surface area is 380 Å². The maximum absolute atomic E-state index is 14.6. The molecule has 2 aromatic heterocycles. The maximum Gasteiger partial charge on any atom is 0.407 e. The number of nitrogens with one attached hydrogen (secondary N) is 4. The van der Waals surface area contributed by atoms with Crippen LogP contribution in [0.2, 0.25) is 0 Å². The van der Waals surface area contributed by atoms with Crippen LogP contribution in [0.5, 0.6) is 0 Å². The van der Waals surface area contributed by atoms with Crippen LogP contribution in [-0.2, 0) is 38.6 Å². The Morgan fingerprint density at radius 2 is 1.62 bits per heavy atom. The molecule has 1 aliphatic rings. The molecule has 16 nitrogen and oxygen atoms in total. The number of methoxy groups -OCH3 is 1. The van der Waals surface area contributed by atoms with E-state index in [4.69, 9.17) is 4.74 Å². The number of carbonyl (C=O) groups is 5. The van der Waals surface area contributed by atoms with Crippen molar-refractivity contribution in [3.63, 3.8) is 0 Å². The lowest BCUT2D eigenvalue weighted by molar-refractivity contribution is -0.132. The number of ether oxygens (including phenoxy) is 1. The number of nitrogens with zero attached hydrogens (tertiary/aromatic N) is 5. The number of aliphatic hydroxyl groups excluding tert-OH is 1. The van der Waals surface area contributed by atoms with Gasteiger partial charge in [0.25, 0.3) is 5.91 Å². The zero-order chi connectivity index (χ0) is 46.6. The summed E-state index contributed by atoms with van der Waals surface area (Å²) >= 11 is 1.41. The van der Waals surface area contributed by atoms with E-state index in [1.165, 1.54) is 25.4 Å². The number of rotatable bonds is 20. The standard InChI is InChI=1S/C47H63N9O7S/c1-9-30(2)40(56-24-23-54(46(56)62)27-36-29-64-44(50-36)31(3)49-32(4)57)42(59)51-38(25-33-15-11-10-12-16-33)39(58)28-55(53-43(60)41(47(5,6)7)52-45(61)63-8)26-34-18-20-35(21-19-34)37-17-13-14-22-48-37/h10-22,29-31,38-41,58H,9,23-28H2,1-8H3,(H,49,57)(H,51,59)(H,52,61)(H,53,60). The average molecular weight is 898 g/mol. The van der Waals surface area contributed by atoms with Crippen LogP contribution in [0.15, 0.2) is 84.4 Å². The van der Waals surface area contributed by atoms with Crippen molar-refractivity contribution in [2.24, 2.45) is 11.3 Å². The van der Waals surface area contributed by atoms with Crippen molar-refractivity contribution in [2.45, 2.75) is 105 Å². The number of urea groups is 1. The van der Waals surface area contributed by atoms with Gasteiger partial charge in [0.05, 0.1) is 43.2 Å². The highest BCUT2D eigenvalue weighted by atomic mass is 32.1. The number of aliphatic hydroxyl groups is 1. The molecule has 1 saturated heterocycles. The quantitative estimate of drug-likeness (QED) is 0.0712. The largest absolute Gasteiger partial charge is 0.453 e. The minimum Gasteiger partial charge on any atom is -0.453 e. The second kappa shape index (κ2) is 22.6. The van der Waals surface area contributed by atoms with Gasteiger partial charge in [-0.15, -0.1) is 11.3 Å². The van der Waals surface area contributed by atoms with Crippen LogP contribution in [0.4, 0.5) is 9.59 Å². The number of hydrazine groups is 1. The van der Waals surface area contributed by atoms with Crippen molar-refractivity contribution in [1.29, 1.82) is 0 Å². The van der Waals surface area contributed by atoms with Gasteiger partial charge in [-0.25, -0.2) is 19.6 Å². The van der Waals surface area contributed by atoms with Gasteiger partial charge in [-0.2, -0.15) is 0 Å². The Morgan fingerprint density at radius 1 is 0.922 bits per heavy atom. The van der Waals surface area contributed by atoms with Crippen LogP contribution >= 0.6 is 11.3 Å². The second-order valence-corrected chi connectivity index (χ2v) is 18.3. The van der Waals surface area contributed by atoms with Crippen LogP contribution < -0.4 is 21.4 Å². The highest BCUT2D eigenvalue weighted by Gasteiger charge is 2.41. The van der Waals surface area contributed by atoms with Crippen molar-refractivity contribution in [2.75, 3.05) is 26.7 Å². The van der Waals surface area contributed by atoms with Crippen LogP contribution in [0.3, 0.4) is 0 Å². The molecule has 0 radical (unpaired) electrons. The minimum atomic E-state index is -1.24. The summed E-state index contributed by atoms with van der Waals surface area (Å²) < 4.78 is 4.83. The van der Waals surface area contributed by atoms with Crippen LogP contribution in [0.1, 0.15) is 82.8 Å². The molecule has 6 amide bonds. The van der Waals surface area contributed by atoms with E-state index in [1.54, 1.807) is 21.0 Å². The smallest absolute Gasteiger partial charge is 0.407 e. The molecule has 5 rings (SSSR count). The Balaban J connectivity index is 1.39. The monoisotopic (exact) mass is 897 g/mol. The van der Waals surface area contributed by atoms with Gasteiger partial charge in [-0.1, -0.05) is 102 Å². The van der Waals surface area contributed by atoms with Crippen LogP contribution in [0.25, 0.3) is 11.3 Å². The molecule has 4 aromatic rings. The molecule has 1 aliphatic heterocycles. The van der Waals surface area contributed by atoms with Gasteiger partial charge in [0.1, 0.15) is 17.1 Å². The van der Waals surface area contributed by atoms with Crippen molar-refractivity contribution in [3.05, 3.63) is 106 Å². The Morgan fingerprint density at radius 3 is 2.25 bits per heavy atom. The molecule has 17 heteroatoms. The van der Waals surface area contributed by atoms with E-state index in [9.17, 15) is 29.1 Å². The van der Waals surface area contributed by atoms with E-state index < -0.39 is 47.6 Å². The fourth-order valence-electron chi connectivity index (χ4n) is 7.62. The van der Waals surface area contributed by atoms with E-state index in [1.807, 2.05) is 120 Å². The van der Waals surface area contributed by atoms with Gasteiger partial charge in [-0.3, -0.25) is 24.8 Å². The minimum absolute atomic E-state index is 0.124. The number of alkyl carbamates (subject to hydrolysis) is 1. The number of pyridine rings is 1. The molecule has 0 aliphatic carbocycles. The number of hydrogen-bond donors (Lipinski definition) is 5. The van der Waals surface area contributed by atoms with Gasteiger partial charge in [0, 0.05) is 50.2 Å². The molecule has 0 saturated carbocycles. The van der Waals surface area contributed by atoms with Gasteiger partial charge in [0.2, 0.25) is 11.8 Å². The zero-order valence-corrected chi connectivity index (χ0v) is 38.9. The predicted octanol–water partition coefficient (Wildman–Crippen LogP) is 5.45. The summed E-state index contributed by atoms with van der Waals surface area (Å²) in [4.78, 5) is 79.1. The predicted molar refractivity (Wildman–Crippen MR) is 245 cm³/mol. The Kier molecular flexibility index (Phi) is 17.4. The number of thiazole rings is 1. The molecule has 6 unspecified atom stereocenters. The first kappa shape index (κ1) is 49.1. The topological polar surface area (TPSA) is 198 Å². The number of amides is 6. The first-order valence-electron chi connectivity index (χ1n) is 21.7. The lowest BCUT2D eigenvalue weighted by atomic mass is 9.86.